The van der Waals surface area contributed by atoms with Crippen LogP contribution in [-0.2, 0) is 6.42 Å². The Bertz CT molecular complexity index is 323. The van der Waals surface area contributed by atoms with Gasteiger partial charge in [0.05, 0.1) is 5.69 Å². The molecule has 1 aromatic rings. The number of nitrogens with one attached hydrogen (secondary N) is 1. The monoisotopic (exact) mass is 176 g/mol. The topological polar surface area (TPSA) is 45.8 Å². The molecule has 0 bridgehead atoms. The fourth-order valence-electron chi connectivity index (χ4n) is 0.709. The molecule has 0 atom stereocenters. The molecule has 0 amide bonds. The molecule has 0 aliphatic rings. The van der Waals surface area contributed by atoms with E-state index in [9.17, 15) is 9.18 Å². The lowest BCUT2D eigenvalue weighted by Gasteiger charge is -1.96. The maximum atomic E-state index is 12.7. The van der Waals surface area contributed by atoms with Crippen molar-refractivity contribution in [3.63, 3.8) is 0 Å². The van der Waals surface area contributed by atoms with Crippen LogP contribution in [0.3, 0.4) is 0 Å². The Labute approximate surface area is 67.2 Å². The van der Waals surface area contributed by atoms with Crippen molar-refractivity contribution in [2.24, 2.45) is 0 Å². The van der Waals surface area contributed by atoms with E-state index in [1.807, 2.05) is 4.98 Å². The van der Waals surface area contributed by atoms with Crippen molar-refractivity contribution in [1.82, 2.24) is 9.97 Å². The highest BCUT2D eigenvalue weighted by Crippen LogP contribution is 2.02. The van der Waals surface area contributed by atoms with Gasteiger partial charge in [0.25, 0.3) is 5.56 Å². The van der Waals surface area contributed by atoms with E-state index in [1.54, 1.807) is 6.92 Å². The van der Waals surface area contributed by atoms with Gasteiger partial charge in [-0.2, -0.15) is 4.39 Å². The number of aromatic nitrogens is 2. The van der Waals surface area contributed by atoms with E-state index in [2.05, 4.69) is 4.98 Å². The number of rotatable bonds is 1. The average Bonchev–Trinajstić information content (AvgIpc) is 1.96. The number of H-pyrrole nitrogens is 1. The van der Waals surface area contributed by atoms with Crippen molar-refractivity contribution >= 4 is 11.6 Å². The lowest BCUT2D eigenvalue weighted by Crippen LogP contribution is -2.15. The molecular weight excluding hydrogens is 171 g/mol. The molecule has 1 heterocycles. The van der Waals surface area contributed by atoms with Crippen LogP contribution in [0.5, 0.6) is 0 Å². The Morgan fingerprint density at radius 2 is 2.36 bits per heavy atom. The lowest BCUT2D eigenvalue weighted by molar-refractivity contribution is 0.580. The molecule has 0 radical (unpaired) electrons. The summed E-state index contributed by atoms with van der Waals surface area (Å²) in [6.45, 7) is 1.70. The SMILES string of the molecule is CCc1nc(Cl)[nH]c(=O)c1F. The second-order valence-electron chi connectivity index (χ2n) is 1.97. The molecule has 11 heavy (non-hydrogen) atoms. The second-order valence-corrected chi connectivity index (χ2v) is 2.33. The Balaban J connectivity index is 3.36. The molecule has 1 N–H and O–H groups in total. The van der Waals surface area contributed by atoms with Gasteiger partial charge in [0.15, 0.2) is 0 Å². The molecule has 1 aromatic heterocycles. The first kappa shape index (κ1) is 8.20. The van der Waals surface area contributed by atoms with Crippen LogP contribution in [-0.4, -0.2) is 9.97 Å². The van der Waals surface area contributed by atoms with E-state index in [-0.39, 0.29) is 11.0 Å². The van der Waals surface area contributed by atoms with Gasteiger partial charge < -0.3 is 0 Å². The Hall–Kier alpha value is -0.900. The molecular formula is C6H6ClFN2O. The molecule has 0 saturated carbocycles. The molecule has 3 nitrogen and oxygen atoms in total. The van der Waals surface area contributed by atoms with Crippen LogP contribution in [0.25, 0.3) is 0 Å². The number of hydrogen-bond acceptors (Lipinski definition) is 2. The minimum absolute atomic E-state index is 0.0757. The van der Waals surface area contributed by atoms with Crippen LogP contribution in [0.2, 0.25) is 5.28 Å². The number of aryl methyl sites for hydroxylation is 1. The molecule has 0 spiro atoms. The summed E-state index contributed by atoms with van der Waals surface area (Å²) in [6, 6.07) is 0. The molecule has 0 aliphatic carbocycles. The van der Waals surface area contributed by atoms with Gasteiger partial charge in [-0.1, -0.05) is 6.92 Å². The first-order valence-electron chi connectivity index (χ1n) is 3.09. The highest BCUT2D eigenvalue weighted by molar-refractivity contribution is 6.28. The lowest BCUT2D eigenvalue weighted by atomic mass is 10.3. The molecule has 5 heteroatoms. The van der Waals surface area contributed by atoms with Crippen molar-refractivity contribution in [3.05, 3.63) is 27.1 Å². The standard InChI is InChI=1S/C6H6ClFN2O/c1-2-3-4(8)5(11)10-6(7)9-3/h2H2,1H3,(H,9,10,11). The molecule has 0 saturated heterocycles. The van der Waals surface area contributed by atoms with Gasteiger partial charge in [-0.15, -0.1) is 0 Å². The van der Waals surface area contributed by atoms with E-state index in [1.165, 1.54) is 0 Å². The summed E-state index contributed by atoms with van der Waals surface area (Å²) in [6.07, 6.45) is 0.357. The maximum absolute atomic E-state index is 12.7. The summed E-state index contributed by atoms with van der Waals surface area (Å²) in [5, 5.41) is -0.0757. The summed E-state index contributed by atoms with van der Waals surface area (Å²) in [5.41, 5.74) is -0.722. The van der Waals surface area contributed by atoms with Gasteiger partial charge in [-0.25, -0.2) is 4.98 Å². The van der Waals surface area contributed by atoms with Crippen LogP contribution in [0, 0.1) is 5.82 Å². The van der Waals surface area contributed by atoms with Crippen molar-refractivity contribution < 1.29 is 4.39 Å². The smallest absolute Gasteiger partial charge is 0.288 e. The van der Waals surface area contributed by atoms with E-state index >= 15 is 0 Å². The highest BCUT2D eigenvalue weighted by atomic mass is 35.5. The number of halogens is 2. The molecule has 60 valence electrons. The molecule has 1 rings (SSSR count). The van der Waals surface area contributed by atoms with E-state index < -0.39 is 11.4 Å². The number of nitrogens with zero attached hydrogens (tertiary/aromatic N) is 1. The van der Waals surface area contributed by atoms with Gasteiger partial charge in [0.1, 0.15) is 0 Å². The van der Waals surface area contributed by atoms with Crippen molar-refractivity contribution in [2.45, 2.75) is 13.3 Å². The predicted octanol–water partition coefficient (Wildman–Crippen LogP) is 1.12. The predicted molar refractivity (Wildman–Crippen MR) is 39.2 cm³/mol. The maximum Gasteiger partial charge on any atom is 0.288 e. The Morgan fingerprint density at radius 1 is 1.73 bits per heavy atom. The minimum Gasteiger partial charge on any atom is -0.295 e. The summed E-state index contributed by atoms with van der Waals surface area (Å²) in [4.78, 5) is 16.3. The van der Waals surface area contributed by atoms with Crippen molar-refractivity contribution in [2.75, 3.05) is 0 Å². The van der Waals surface area contributed by atoms with Gasteiger partial charge in [-0.05, 0) is 18.0 Å². The first-order chi connectivity index (χ1) is 5.15. The van der Waals surface area contributed by atoms with Gasteiger partial charge in [-0.3, -0.25) is 9.78 Å². The second kappa shape index (κ2) is 3.00. The van der Waals surface area contributed by atoms with Crippen molar-refractivity contribution in [1.29, 1.82) is 0 Å². The van der Waals surface area contributed by atoms with Crippen LogP contribution >= 0.6 is 11.6 Å². The molecule has 0 aromatic carbocycles. The van der Waals surface area contributed by atoms with Crippen LogP contribution in [0.15, 0.2) is 4.79 Å². The quantitative estimate of drug-likeness (QED) is 0.652. The Morgan fingerprint density at radius 3 is 2.91 bits per heavy atom. The first-order valence-corrected chi connectivity index (χ1v) is 3.47. The summed E-state index contributed by atoms with van der Waals surface area (Å²) < 4.78 is 12.7. The zero-order chi connectivity index (χ0) is 8.43. The van der Waals surface area contributed by atoms with E-state index in [0.717, 1.165) is 0 Å². The summed E-state index contributed by atoms with van der Waals surface area (Å²) >= 11 is 5.37. The Kier molecular flexibility index (Phi) is 2.24. The third kappa shape index (κ3) is 1.57. The fourth-order valence-corrected chi connectivity index (χ4v) is 0.897. The molecule has 0 aliphatic heterocycles. The third-order valence-electron chi connectivity index (χ3n) is 1.24. The average molecular weight is 177 g/mol. The van der Waals surface area contributed by atoms with Gasteiger partial charge in [0.2, 0.25) is 11.1 Å². The summed E-state index contributed by atoms with van der Waals surface area (Å²) in [5.74, 6) is -0.850. The van der Waals surface area contributed by atoms with E-state index in [0.29, 0.717) is 6.42 Å². The highest BCUT2D eigenvalue weighted by Gasteiger charge is 2.06. The van der Waals surface area contributed by atoms with Crippen molar-refractivity contribution in [3.8, 4) is 0 Å². The largest absolute Gasteiger partial charge is 0.295 e. The van der Waals surface area contributed by atoms with Crippen LogP contribution in [0.4, 0.5) is 4.39 Å². The number of aromatic amines is 1. The van der Waals surface area contributed by atoms with Gasteiger partial charge in [0, 0.05) is 0 Å². The van der Waals surface area contributed by atoms with Gasteiger partial charge >= 0.3 is 0 Å². The third-order valence-corrected chi connectivity index (χ3v) is 1.42. The molecule has 0 unspecified atom stereocenters. The van der Waals surface area contributed by atoms with Crippen LogP contribution in [0.1, 0.15) is 12.6 Å². The molecule has 0 fully saturated rings. The minimum atomic E-state index is -0.850. The number of hydrogen-bond donors (Lipinski definition) is 1. The zero-order valence-corrected chi connectivity index (χ0v) is 6.57. The van der Waals surface area contributed by atoms with Crippen LogP contribution < -0.4 is 5.56 Å². The summed E-state index contributed by atoms with van der Waals surface area (Å²) in [7, 11) is 0. The zero-order valence-electron chi connectivity index (χ0n) is 5.82. The normalized spacial score (nSPS) is 10.1. The van der Waals surface area contributed by atoms with E-state index in [4.69, 9.17) is 11.6 Å². The fraction of sp³-hybridized carbons (Fsp3) is 0.333.